The van der Waals surface area contributed by atoms with E-state index in [-0.39, 0.29) is 23.5 Å². The van der Waals surface area contributed by atoms with Crippen LogP contribution in [-0.2, 0) is 10.2 Å². The molecule has 1 aliphatic heterocycles. The van der Waals surface area contributed by atoms with Crippen LogP contribution in [0.5, 0.6) is 0 Å². The molecular formula is C18H24O2. The van der Waals surface area contributed by atoms with Crippen molar-refractivity contribution in [3.05, 3.63) is 35.4 Å². The summed E-state index contributed by atoms with van der Waals surface area (Å²) < 4.78 is 6.30. The molecule has 108 valence electrons. The number of ether oxygens (including phenoxy) is 1. The molecule has 1 saturated carbocycles. The van der Waals surface area contributed by atoms with Crippen LogP contribution >= 0.6 is 0 Å². The van der Waals surface area contributed by atoms with Gasteiger partial charge in [-0.3, -0.25) is 0 Å². The van der Waals surface area contributed by atoms with Crippen molar-refractivity contribution in [2.75, 3.05) is 13.2 Å². The molecule has 2 fully saturated rings. The highest BCUT2D eigenvalue weighted by Gasteiger charge is 2.64. The van der Waals surface area contributed by atoms with Gasteiger partial charge in [0.2, 0.25) is 0 Å². The molecule has 3 aliphatic rings. The van der Waals surface area contributed by atoms with Crippen LogP contribution in [0.15, 0.2) is 24.3 Å². The fraction of sp³-hybridized carbons (Fsp3) is 0.667. The number of hydrogen-bond donors (Lipinski definition) is 1. The zero-order chi connectivity index (χ0) is 14.1. The smallest absolute Gasteiger partial charge is 0.0867 e. The summed E-state index contributed by atoms with van der Waals surface area (Å²) in [7, 11) is 0. The summed E-state index contributed by atoms with van der Waals surface area (Å²) in [5, 5.41) is 10.0. The van der Waals surface area contributed by atoms with Crippen molar-refractivity contribution in [2.24, 2.45) is 23.2 Å². The lowest BCUT2D eigenvalue weighted by atomic mass is 9.49. The summed E-state index contributed by atoms with van der Waals surface area (Å²) in [6, 6.07) is 8.82. The van der Waals surface area contributed by atoms with Crippen LogP contribution in [-0.4, -0.2) is 18.3 Å². The molecule has 0 spiro atoms. The number of benzene rings is 1. The molecule has 2 aliphatic carbocycles. The molecule has 1 heterocycles. The molecule has 1 aromatic carbocycles. The van der Waals surface area contributed by atoms with Crippen LogP contribution in [0.25, 0.3) is 0 Å². The molecule has 4 rings (SSSR count). The third-order valence-electron chi connectivity index (χ3n) is 6.93. The molecule has 0 radical (unpaired) electrons. The fourth-order valence-electron chi connectivity index (χ4n) is 5.74. The van der Waals surface area contributed by atoms with Gasteiger partial charge >= 0.3 is 0 Å². The molecular weight excluding hydrogens is 248 g/mol. The first-order valence-electron chi connectivity index (χ1n) is 7.86. The van der Waals surface area contributed by atoms with Crippen LogP contribution in [0.3, 0.4) is 0 Å². The van der Waals surface area contributed by atoms with Crippen molar-refractivity contribution < 1.29 is 9.84 Å². The summed E-state index contributed by atoms with van der Waals surface area (Å²) in [6.07, 6.45) is 1.40. The Hall–Kier alpha value is -0.860. The first-order chi connectivity index (χ1) is 9.54. The molecule has 6 atom stereocenters. The second-order valence-corrected chi connectivity index (χ2v) is 7.55. The number of rotatable bonds is 1. The van der Waals surface area contributed by atoms with Gasteiger partial charge in [-0.25, -0.2) is 0 Å². The van der Waals surface area contributed by atoms with Gasteiger partial charge in [0.25, 0.3) is 0 Å². The Balaban J connectivity index is 1.92. The Kier molecular flexibility index (Phi) is 2.48. The Bertz CT molecular complexity index is 554. The lowest BCUT2D eigenvalue weighted by Gasteiger charge is -2.59. The van der Waals surface area contributed by atoms with E-state index in [4.69, 9.17) is 4.74 Å². The molecule has 0 aromatic heterocycles. The van der Waals surface area contributed by atoms with Crippen LogP contribution < -0.4 is 0 Å². The predicted octanol–water partition coefficient (Wildman–Crippen LogP) is 3.30. The molecule has 0 amide bonds. The van der Waals surface area contributed by atoms with Crippen molar-refractivity contribution in [1.29, 1.82) is 0 Å². The van der Waals surface area contributed by atoms with Gasteiger partial charge in [-0.1, -0.05) is 45.0 Å². The average molecular weight is 272 g/mol. The summed E-state index contributed by atoms with van der Waals surface area (Å²) >= 11 is 0. The summed E-state index contributed by atoms with van der Waals surface area (Å²) in [5.74, 6) is 1.51. The summed E-state index contributed by atoms with van der Waals surface area (Å²) in [4.78, 5) is 0. The maximum Gasteiger partial charge on any atom is 0.0867 e. The summed E-state index contributed by atoms with van der Waals surface area (Å²) in [6.45, 7) is 8.02. The van der Waals surface area contributed by atoms with E-state index in [1.165, 1.54) is 17.5 Å². The monoisotopic (exact) mass is 272 g/mol. The van der Waals surface area contributed by atoms with Gasteiger partial charge in [0.15, 0.2) is 0 Å². The highest BCUT2D eigenvalue weighted by molar-refractivity contribution is 5.44. The zero-order valence-electron chi connectivity index (χ0n) is 12.6. The minimum absolute atomic E-state index is 0.0390. The Morgan fingerprint density at radius 2 is 2.05 bits per heavy atom. The van der Waals surface area contributed by atoms with Gasteiger partial charge < -0.3 is 9.84 Å². The minimum Gasteiger partial charge on any atom is -0.396 e. The van der Waals surface area contributed by atoms with Crippen molar-refractivity contribution in [3.8, 4) is 0 Å². The first kappa shape index (κ1) is 12.8. The van der Waals surface area contributed by atoms with E-state index >= 15 is 0 Å². The van der Waals surface area contributed by atoms with Gasteiger partial charge in [-0.2, -0.15) is 0 Å². The topological polar surface area (TPSA) is 29.5 Å². The van der Waals surface area contributed by atoms with Crippen LogP contribution in [0.2, 0.25) is 0 Å². The van der Waals surface area contributed by atoms with E-state index in [0.29, 0.717) is 24.4 Å². The van der Waals surface area contributed by atoms with Gasteiger partial charge in [-0.15, -0.1) is 0 Å². The number of aliphatic hydroxyl groups excluding tert-OH is 1. The van der Waals surface area contributed by atoms with E-state index in [1.807, 2.05) is 0 Å². The Labute approximate surface area is 121 Å². The minimum atomic E-state index is -0.0390. The SMILES string of the molecule is CC1CC2(C)c3ccccc3C3OCC1(CO)C(C)C32. The molecule has 2 bridgehead atoms. The lowest BCUT2D eigenvalue weighted by molar-refractivity contribution is -0.211. The van der Waals surface area contributed by atoms with E-state index in [2.05, 4.69) is 45.0 Å². The molecule has 1 N–H and O–H groups in total. The molecule has 2 nitrogen and oxygen atoms in total. The zero-order valence-corrected chi connectivity index (χ0v) is 12.6. The third kappa shape index (κ3) is 1.23. The van der Waals surface area contributed by atoms with E-state index in [1.54, 1.807) is 0 Å². The number of hydrogen-bond acceptors (Lipinski definition) is 2. The number of fused-ring (bicyclic) bond motifs is 4. The maximum atomic E-state index is 10.0. The van der Waals surface area contributed by atoms with E-state index < -0.39 is 0 Å². The van der Waals surface area contributed by atoms with Gasteiger partial charge in [0.1, 0.15) is 0 Å². The second-order valence-electron chi connectivity index (χ2n) is 7.55. The van der Waals surface area contributed by atoms with Crippen LogP contribution in [0.1, 0.15) is 44.4 Å². The van der Waals surface area contributed by atoms with Crippen molar-refractivity contribution in [2.45, 2.75) is 38.7 Å². The van der Waals surface area contributed by atoms with E-state index in [9.17, 15) is 5.11 Å². The van der Waals surface area contributed by atoms with Crippen molar-refractivity contribution in [3.63, 3.8) is 0 Å². The largest absolute Gasteiger partial charge is 0.396 e. The van der Waals surface area contributed by atoms with Gasteiger partial charge in [-0.05, 0) is 34.8 Å². The third-order valence-corrected chi connectivity index (χ3v) is 6.93. The van der Waals surface area contributed by atoms with Gasteiger partial charge in [0.05, 0.1) is 19.3 Å². The normalized spacial score (nSPS) is 49.0. The fourth-order valence-corrected chi connectivity index (χ4v) is 5.74. The van der Waals surface area contributed by atoms with Gasteiger partial charge in [0, 0.05) is 11.3 Å². The van der Waals surface area contributed by atoms with Crippen LogP contribution in [0.4, 0.5) is 0 Å². The highest BCUT2D eigenvalue weighted by atomic mass is 16.5. The molecule has 1 aromatic rings. The number of aliphatic hydroxyl groups is 1. The van der Waals surface area contributed by atoms with Crippen LogP contribution in [0, 0.1) is 23.2 Å². The van der Waals surface area contributed by atoms with E-state index in [0.717, 1.165) is 0 Å². The predicted molar refractivity (Wildman–Crippen MR) is 78.4 cm³/mol. The summed E-state index contributed by atoms with van der Waals surface area (Å²) in [5.41, 5.74) is 3.05. The molecule has 2 heteroatoms. The standard InChI is InChI=1S/C18H24O2/c1-11-8-17(3)14-7-5-4-6-13(14)16-15(17)12(2)18(11,9-19)10-20-16/h4-7,11-12,15-16,19H,8-10H2,1-3H3. The van der Waals surface area contributed by atoms with Crippen molar-refractivity contribution >= 4 is 0 Å². The average Bonchev–Trinajstić information content (AvgIpc) is 2.71. The Morgan fingerprint density at radius 3 is 2.80 bits per heavy atom. The highest BCUT2D eigenvalue weighted by Crippen LogP contribution is 2.67. The second kappa shape index (κ2) is 3.86. The maximum absolute atomic E-state index is 10.0. The molecule has 1 saturated heterocycles. The first-order valence-corrected chi connectivity index (χ1v) is 7.86. The molecule has 6 unspecified atom stereocenters. The quantitative estimate of drug-likeness (QED) is 0.850. The van der Waals surface area contributed by atoms with Crippen molar-refractivity contribution in [1.82, 2.24) is 0 Å². The lowest BCUT2D eigenvalue weighted by Crippen LogP contribution is -2.59. The molecule has 20 heavy (non-hydrogen) atoms. The Morgan fingerprint density at radius 1 is 1.30 bits per heavy atom.